The molecule has 0 amide bonds. The van der Waals surface area contributed by atoms with Crippen LogP contribution in [0.5, 0.6) is 5.88 Å². The minimum absolute atomic E-state index is 0.378. The molecular formula is C24H19BrN2O2. The number of hydrogen-bond acceptors (Lipinski definition) is 3. The number of benzene rings is 3. The molecule has 0 N–H and O–H groups in total. The molecule has 1 aromatic heterocycles. The highest BCUT2D eigenvalue weighted by Crippen LogP contribution is 2.28. The number of hydrogen-bond donors (Lipinski definition) is 0. The predicted octanol–water partition coefficient (Wildman–Crippen LogP) is 6.14. The second kappa shape index (κ2) is 8.05. The van der Waals surface area contributed by atoms with E-state index in [0.717, 1.165) is 32.5 Å². The Labute approximate surface area is 177 Å². The Morgan fingerprint density at radius 3 is 2.34 bits per heavy atom. The predicted molar refractivity (Wildman–Crippen MR) is 118 cm³/mol. The van der Waals surface area contributed by atoms with Gasteiger partial charge >= 0.3 is 5.97 Å². The van der Waals surface area contributed by atoms with Gasteiger partial charge in [0.05, 0.1) is 16.9 Å². The third-order valence-corrected chi connectivity index (χ3v) is 5.13. The monoisotopic (exact) mass is 446 g/mol. The van der Waals surface area contributed by atoms with Crippen molar-refractivity contribution >= 4 is 21.9 Å². The number of nitrogens with zero attached hydrogens (tertiary/aromatic N) is 2. The summed E-state index contributed by atoms with van der Waals surface area (Å²) in [4.78, 5) is 12.7. The van der Waals surface area contributed by atoms with Gasteiger partial charge in [-0.05, 0) is 49.7 Å². The molecule has 0 spiro atoms. The van der Waals surface area contributed by atoms with Gasteiger partial charge in [-0.25, -0.2) is 4.79 Å². The largest absolute Gasteiger partial charge is 0.404 e. The molecule has 144 valence electrons. The summed E-state index contributed by atoms with van der Waals surface area (Å²) in [6.45, 7) is 4.07. The molecule has 0 bridgehead atoms. The van der Waals surface area contributed by atoms with E-state index >= 15 is 0 Å². The molecule has 0 aliphatic heterocycles. The molecule has 29 heavy (non-hydrogen) atoms. The average Bonchev–Trinajstić information content (AvgIpc) is 3.12. The molecule has 0 aliphatic carbocycles. The normalized spacial score (nSPS) is 10.7. The maximum atomic E-state index is 12.7. The molecule has 1 heterocycles. The highest BCUT2D eigenvalue weighted by atomic mass is 79.9. The van der Waals surface area contributed by atoms with E-state index < -0.39 is 5.97 Å². The fraction of sp³-hybridized carbons (Fsp3) is 0.0833. The van der Waals surface area contributed by atoms with Gasteiger partial charge in [0.2, 0.25) is 5.88 Å². The van der Waals surface area contributed by atoms with Crippen molar-refractivity contribution in [2.75, 3.05) is 0 Å². The zero-order chi connectivity index (χ0) is 20.4. The second-order valence-corrected chi connectivity index (χ2v) is 7.75. The highest BCUT2D eigenvalue weighted by Gasteiger charge is 2.18. The molecule has 0 saturated heterocycles. The van der Waals surface area contributed by atoms with Gasteiger partial charge in [0.1, 0.15) is 0 Å². The van der Waals surface area contributed by atoms with E-state index in [2.05, 4.69) is 22.0 Å². The van der Waals surface area contributed by atoms with Crippen LogP contribution in [0, 0.1) is 13.8 Å². The zero-order valence-electron chi connectivity index (χ0n) is 16.1. The minimum atomic E-state index is -0.428. The standard InChI is InChI=1S/C24H19BrN2O2/c1-16-8-13-22(17(2)14-16)27-23(15-21(26-27)18-6-4-3-5-7-18)29-24(28)19-9-11-20(25)12-10-19/h3-15H,1-2H3. The molecule has 0 atom stereocenters. The van der Waals surface area contributed by atoms with Gasteiger partial charge in [-0.3, -0.25) is 0 Å². The lowest BCUT2D eigenvalue weighted by Crippen LogP contribution is -2.12. The summed E-state index contributed by atoms with van der Waals surface area (Å²) in [5, 5.41) is 4.73. The highest BCUT2D eigenvalue weighted by molar-refractivity contribution is 9.10. The molecule has 5 heteroatoms. The zero-order valence-corrected chi connectivity index (χ0v) is 17.7. The quantitative estimate of drug-likeness (QED) is 0.353. The Morgan fingerprint density at radius 1 is 0.931 bits per heavy atom. The first kappa shape index (κ1) is 19.2. The van der Waals surface area contributed by atoms with Crippen LogP contribution >= 0.6 is 15.9 Å². The molecule has 0 fully saturated rings. The van der Waals surface area contributed by atoms with Crippen molar-refractivity contribution in [3.05, 3.63) is 100 Å². The van der Waals surface area contributed by atoms with Gasteiger partial charge in [-0.2, -0.15) is 9.78 Å². The Morgan fingerprint density at radius 2 is 1.66 bits per heavy atom. The van der Waals surface area contributed by atoms with Crippen LogP contribution < -0.4 is 4.74 Å². The van der Waals surface area contributed by atoms with Crippen LogP contribution in [0.2, 0.25) is 0 Å². The van der Waals surface area contributed by atoms with Crippen LogP contribution in [0.4, 0.5) is 0 Å². The van der Waals surface area contributed by atoms with Gasteiger partial charge < -0.3 is 4.74 Å². The summed E-state index contributed by atoms with van der Waals surface area (Å²) in [5.74, 6) is -0.0493. The Bertz CT molecular complexity index is 1170. The summed E-state index contributed by atoms with van der Waals surface area (Å²) in [6, 6.07) is 24.8. The Hall–Kier alpha value is -3.18. The third-order valence-electron chi connectivity index (χ3n) is 4.60. The third kappa shape index (κ3) is 4.15. The van der Waals surface area contributed by atoms with Crippen LogP contribution in [-0.4, -0.2) is 15.7 Å². The smallest absolute Gasteiger partial charge is 0.344 e. The number of aromatic nitrogens is 2. The van der Waals surface area contributed by atoms with Gasteiger partial charge in [0.25, 0.3) is 0 Å². The van der Waals surface area contributed by atoms with E-state index in [0.29, 0.717) is 11.4 Å². The van der Waals surface area contributed by atoms with E-state index in [9.17, 15) is 4.79 Å². The Balaban J connectivity index is 1.77. The van der Waals surface area contributed by atoms with E-state index in [4.69, 9.17) is 9.84 Å². The van der Waals surface area contributed by atoms with Crippen molar-refractivity contribution in [3.8, 4) is 22.8 Å². The topological polar surface area (TPSA) is 44.1 Å². The Kier molecular flexibility index (Phi) is 5.32. The first-order valence-electron chi connectivity index (χ1n) is 9.22. The summed E-state index contributed by atoms with van der Waals surface area (Å²) in [6.07, 6.45) is 0. The first-order valence-corrected chi connectivity index (χ1v) is 10.0. The summed E-state index contributed by atoms with van der Waals surface area (Å²) in [5.41, 5.74) is 5.25. The SMILES string of the molecule is Cc1ccc(-n2nc(-c3ccccc3)cc2OC(=O)c2ccc(Br)cc2)c(C)c1. The number of halogens is 1. The maximum Gasteiger partial charge on any atom is 0.344 e. The van der Waals surface area contributed by atoms with E-state index in [1.54, 1.807) is 22.9 Å². The number of rotatable bonds is 4. The van der Waals surface area contributed by atoms with Crippen LogP contribution in [0.3, 0.4) is 0 Å². The van der Waals surface area contributed by atoms with Gasteiger partial charge in [0, 0.05) is 16.1 Å². The fourth-order valence-electron chi connectivity index (χ4n) is 3.14. The van der Waals surface area contributed by atoms with E-state index in [1.165, 1.54) is 0 Å². The summed E-state index contributed by atoms with van der Waals surface area (Å²) >= 11 is 3.38. The minimum Gasteiger partial charge on any atom is -0.404 e. The van der Waals surface area contributed by atoms with Crippen molar-refractivity contribution in [1.29, 1.82) is 0 Å². The van der Waals surface area contributed by atoms with Crippen LogP contribution in [0.25, 0.3) is 16.9 Å². The van der Waals surface area contributed by atoms with Crippen LogP contribution in [0.1, 0.15) is 21.5 Å². The summed E-state index contributed by atoms with van der Waals surface area (Å²) < 4.78 is 8.35. The number of ether oxygens (including phenoxy) is 1. The number of aryl methyl sites for hydroxylation is 2. The second-order valence-electron chi connectivity index (χ2n) is 6.83. The number of carbonyl (C=O) groups excluding carboxylic acids is 1. The fourth-order valence-corrected chi connectivity index (χ4v) is 3.41. The van der Waals surface area contributed by atoms with Crippen molar-refractivity contribution in [2.45, 2.75) is 13.8 Å². The average molecular weight is 447 g/mol. The molecule has 0 unspecified atom stereocenters. The molecule has 4 nitrogen and oxygen atoms in total. The maximum absolute atomic E-state index is 12.7. The lowest BCUT2D eigenvalue weighted by Gasteiger charge is -2.11. The summed E-state index contributed by atoms with van der Waals surface area (Å²) in [7, 11) is 0. The van der Waals surface area contributed by atoms with Crippen molar-refractivity contribution in [3.63, 3.8) is 0 Å². The van der Waals surface area contributed by atoms with E-state index in [-0.39, 0.29) is 0 Å². The van der Waals surface area contributed by atoms with Crippen molar-refractivity contribution < 1.29 is 9.53 Å². The lowest BCUT2D eigenvalue weighted by molar-refractivity contribution is 0.0723. The van der Waals surface area contributed by atoms with Crippen LogP contribution in [-0.2, 0) is 0 Å². The van der Waals surface area contributed by atoms with Crippen molar-refractivity contribution in [2.24, 2.45) is 0 Å². The number of carbonyl (C=O) groups is 1. The van der Waals surface area contributed by atoms with Crippen molar-refractivity contribution in [1.82, 2.24) is 9.78 Å². The van der Waals surface area contributed by atoms with Gasteiger partial charge in [-0.15, -0.1) is 0 Å². The molecule has 4 aromatic rings. The van der Waals surface area contributed by atoms with Crippen LogP contribution in [0.15, 0.2) is 83.3 Å². The first-order chi connectivity index (χ1) is 14.0. The van der Waals surface area contributed by atoms with Gasteiger partial charge in [-0.1, -0.05) is 64.0 Å². The number of esters is 1. The molecule has 0 saturated carbocycles. The van der Waals surface area contributed by atoms with Gasteiger partial charge in [0.15, 0.2) is 0 Å². The molecule has 4 rings (SSSR count). The molecule has 3 aromatic carbocycles. The molecular weight excluding hydrogens is 428 g/mol. The lowest BCUT2D eigenvalue weighted by atomic mass is 10.1. The van der Waals surface area contributed by atoms with E-state index in [1.807, 2.05) is 68.4 Å². The molecule has 0 aliphatic rings. The molecule has 0 radical (unpaired) electrons.